The van der Waals surface area contributed by atoms with Gasteiger partial charge in [-0.15, -0.1) is 0 Å². The number of unbranched alkanes of at least 4 members (excludes halogenated alkanes) is 1. The number of aryl methyl sites for hydroxylation is 3. The summed E-state index contributed by atoms with van der Waals surface area (Å²) < 4.78 is 12.2. The second kappa shape index (κ2) is 13.6. The lowest BCUT2D eigenvalue weighted by Crippen LogP contribution is -2.39. The van der Waals surface area contributed by atoms with Crippen LogP contribution in [-0.2, 0) is 32.3 Å². The Kier molecular flexibility index (Phi) is 9.55. The molecule has 1 spiro atoms. The van der Waals surface area contributed by atoms with E-state index in [2.05, 4.69) is 35.4 Å². The lowest BCUT2D eigenvalue weighted by Gasteiger charge is -2.41. The molecule has 3 aromatic rings. The van der Waals surface area contributed by atoms with Crippen molar-refractivity contribution in [1.82, 2.24) is 10.3 Å². The second-order valence-electron chi connectivity index (χ2n) is 13.4. The maximum Gasteiger partial charge on any atom is 0.161 e. The van der Waals surface area contributed by atoms with Crippen molar-refractivity contribution in [2.24, 2.45) is 11.3 Å². The summed E-state index contributed by atoms with van der Waals surface area (Å²) in [4.78, 5) is 3.79. The number of aromatic amines is 1. The van der Waals surface area contributed by atoms with Gasteiger partial charge in [-0.2, -0.15) is 0 Å². The van der Waals surface area contributed by atoms with Gasteiger partial charge in [0.1, 0.15) is 11.5 Å². The van der Waals surface area contributed by atoms with Crippen LogP contribution in [0.4, 0.5) is 0 Å². The molecule has 2 heterocycles. The molecule has 0 radical (unpaired) electrons. The molecule has 0 saturated heterocycles. The second-order valence-corrected chi connectivity index (χ2v) is 13.4. The first-order valence-corrected chi connectivity index (χ1v) is 16.9. The van der Waals surface area contributed by atoms with Crippen LogP contribution in [0.1, 0.15) is 104 Å². The van der Waals surface area contributed by atoms with Crippen molar-refractivity contribution < 1.29 is 24.5 Å². The van der Waals surface area contributed by atoms with Gasteiger partial charge in [0.05, 0.1) is 19.3 Å². The third-order valence-electron chi connectivity index (χ3n) is 10.4. The number of phenols is 1. The van der Waals surface area contributed by atoms with Gasteiger partial charge >= 0.3 is 0 Å². The average molecular weight is 603 g/mol. The number of allylic oxidation sites excluding steroid dienone is 2. The average Bonchev–Trinajstić information content (AvgIpc) is 3.72. The lowest BCUT2D eigenvalue weighted by atomic mass is 9.64. The normalized spacial score (nSPS) is 24.3. The molecule has 238 valence electrons. The first-order valence-electron chi connectivity index (χ1n) is 16.9. The Bertz CT molecular complexity index is 1440. The highest BCUT2D eigenvalue weighted by Gasteiger charge is 2.52. The van der Waals surface area contributed by atoms with Crippen molar-refractivity contribution in [3.05, 3.63) is 82.1 Å². The smallest absolute Gasteiger partial charge is 0.161 e. The Balaban J connectivity index is 1.10. The number of ether oxygens (including phenoxy) is 1. The Hall–Kier alpha value is -3.00. The first kappa shape index (κ1) is 31.0. The van der Waals surface area contributed by atoms with Crippen LogP contribution in [-0.4, -0.2) is 46.1 Å². The highest BCUT2D eigenvalue weighted by Crippen LogP contribution is 2.62. The van der Waals surface area contributed by atoms with Crippen LogP contribution in [0.5, 0.6) is 11.5 Å². The molecule has 2 aromatic heterocycles. The standard InChI is InChI=1S/C37H50N2O5/c1-3-4-7-34-27(23-40)19-30(44-34)10-8-25-9-11-33(42)35(17-25)43-16-13-29-20-31-32(22-38-21-24(2)41)37-14-5-6-28(37)18-26(12-15-37)36(31)39-29/h9,11-12,15,17,19-20,24,26,28,32,38-42H,3-8,10,13-14,16,18,21-23H2,1-2H3/t24-,26-,28+,32-,37+/m0/s1. The van der Waals surface area contributed by atoms with E-state index >= 15 is 0 Å². The van der Waals surface area contributed by atoms with Crippen LogP contribution in [0.2, 0.25) is 0 Å². The molecule has 7 heteroatoms. The highest BCUT2D eigenvalue weighted by molar-refractivity contribution is 5.44. The van der Waals surface area contributed by atoms with Crippen molar-refractivity contribution in [2.75, 3.05) is 19.7 Å². The first-order chi connectivity index (χ1) is 21.4. The predicted molar refractivity (Wildman–Crippen MR) is 172 cm³/mol. The number of nitrogens with one attached hydrogen (secondary N) is 2. The number of aromatic nitrogens is 1. The molecule has 4 aliphatic rings. The molecule has 1 aromatic carbocycles. The van der Waals surface area contributed by atoms with Gasteiger partial charge < -0.3 is 34.8 Å². The zero-order valence-corrected chi connectivity index (χ0v) is 26.4. The summed E-state index contributed by atoms with van der Waals surface area (Å²) in [7, 11) is 0. The Morgan fingerprint density at radius 1 is 1.16 bits per heavy atom. The van der Waals surface area contributed by atoms with E-state index in [0.29, 0.717) is 30.7 Å². The number of benzene rings is 1. The third kappa shape index (κ3) is 6.37. The van der Waals surface area contributed by atoms with E-state index in [0.717, 1.165) is 73.6 Å². The van der Waals surface area contributed by atoms with E-state index in [1.54, 1.807) is 6.07 Å². The van der Waals surface area contributed by atoms with Gasteiger partial charge in [0, 0.05) is 61.1 Å². The Morgan fingerprint density at radius 2 is 2.05 bits per heavy atom. The monoisotopic (exact) mass is 602 g/mol. The number of phenolic OH excluding ortho intramolecular Hbond substituents is 1. The molecular formula is C37H50N2O5. The molecule has 0 amide bonds. The molecule has 7 nitrogen and oxygen atoms in total. The van der Waals surface area contributed by atoms with Gasteiger partial charge in [-0.3, -0.25) is 0 Å². The summed E-state index contributed by atoms with van der Waals surface area (Å²) in [6, 6.07) is 9.91. The van der Waals surface area contributed by atoms with E-state index in [1.807, 2.05) is 25.1 Å². The fourth-order valence-corrected chi connectivity index (χ4v) is 8.16. The van der Waals surface area contributed by atoms with Gasteiger partial charge in [0.2, 0.25) is 0 Å². The van der Waals surface area contributed by atoms with Crippen molar-refractivity contribution in [3.63, 3.8) is 0 Å². The summed E-state index contributed by atoms with van der Waals surface area (Å²) in [5.74, 6) is 3.99. The van der Waals surface area contributed by atoms with Gasteiger partial charge in [0.25, 0.3) is 0 Å². The molecule has 5 N–H and O–H groups in total. The van der Waals surface area contributed by atoms with Crippen molar-refractivity contribution >= 4 is 0 Å². The summed E-state index contributed by atoms with van der Waals surface area (Å²) in [5, 5.41) is 33.7. The molecule has 7 rings (SSSR count). The quantitative estimate of drug-likeness (QED) is 0.128. The fourth-order valence-electron chi connectivity index (χ4n) is 8.16. The molecule has 1 saturated carbocycles. The topological polar surface area (TPSA) is 111 Å². The predicted octanol–water partition coefficient (Wildman–Crippen LogP) is 6.45. The summed E-state index contributed by atoms with van der Waals surface area (Å²) >= 11 is 0. The summed E-state index contributed by atoms with van der Waals surface area (Å²) in [6.07, 6.45) is 14.9. The van der Waals surface area contributed by atoms with E-state index in [9.17, 15) is 15.3 Å². The summed E-state index contributed by atoms with van der Waals surface area (Å²) in [5.41, 5.74) is 6.14. The minimum Gasteiger partial charge on any atom is -0.504 e. The zero-order valence-electron chi connectivity index (χ0n) is 26.4. The molecule has 0 unspecified atom stereocenters. The van der Waals surface area contributed by atoms with Crippen LogP contribution >= 0.6 is 0 Å². The van der Waals surface area contributed by atoms with E-state index < -0.39 is 0 Å². The number of aromatic hydroxyl groups is 1. The molecule has 44 heavy (non-hydrogen) atoms. The molecule has 2 bridgehead atoms. The SMILES string of the molecule is CCCCc1oc(CCc2ccc(O)c(OCCc3cc4c([nH]3)[C@H]3C=C[C@@]5(CCC[C@@H]5C3)[C@H]4CNC[C@H](C)O)c2)cc1CO. The van der Waals surface area contributed by atoms with Crippen LogP contribution in [0.15, 0.2) is 46.9 Å². The number of H-pyrrole nitrogens is 1. The van der Waals surface area contributed by atoms with Crippen molar-refractivity contribution in [2.45, 2.75) is 103 Å². The maximum atomic E-state index is 10.5. The molecule has 5 atom stereocenters. The Labute approximate surface area is 261 Å². The van der Waals surface area contributed by atoms with Crippen molar-refractivity contribution in [1.29, 1.82) is 0 Å². The minimum atomic E-state index is -0.356. The number of aliphatic hydroxyl groups excluding tert-OH is 2. The molecular weight excluding hydrogens is 552 g/mol. The molecule has 0 aliphatic heterocycles. The van der Waals surface area contributed by atoms with Crippen molar-refractivity contribution in [3.8, 4) is 11.5 Å². The van der Waals surface area contributed by atoms with E-state index in [1.165, 1.54) is 42.6 Å². The Morgan fingerprint density at radius 3 is 2.86 bits per heavy atom. The fraction of sp³-hybridized carbons (Fsp3) is 0.568. The van der Waals surface area contributed by atoms with Crippen LogP contribution in [0.3, 0.4) is 0 Å². The zero-order chi connectivity index (χ0) is 30.7. The molecule has 1 fully saturated rings. The van der Waals surface area contributed by atoms with Gasteiger partial charge in [0.15, 0.2) is 11.5 Å². The number of furan rings is 1. The minimum absolute atomic E-state index is 0.00280. The number of hydrogen-bond donors (Lipinski definition) is 5. The number of rotatable bonds is 15. The lowest BCUT2D eigenvalue weighted by molar-refractivity contribution is 0.172. The van der Waals surface area contributed by atoms with Gasteiger partial charge in [-0.1, -0.05) is 38.0 Å². The largest absolute Gasteiger partial charge is 0.504 e. The summed E-state index contributed by atoms with van der Waals surface area (Å²) in [6.45, 7) is 5.95. The van der Waals surface area contributed by atoms with E-state index in [-0.39, 0.29) is 23.9 Å². The van der Waals surface area contributed by atoms with Crippen LogP contribution in [0, 0.1) is 11.3 Å². The van der Waals surface area contributed by atoms with E-state index in [4.69, 9.17) is 9.15 Å². The number of aliphatic hydroxyl groups is 2. The highest BCUT2D eigenvalue weighted by atomic mass is 16.5. The maximum absolute atomic E-state index is 10.5. The van der Waals surface area contributed by atoms with Crippen LogP contribution < -0.4 is 10.1 Å². The number of hydrogen-bond acceptors (Lipinski definition) is 6. The van der Waals surface area contributed by atoms with Gasteiger partial charge in [-0.25, -0.2) is 0 Å². The molecule has 4 aliphatic carbocycles. The third-order valence-corrected chi connectivity index (χ3v) is 10.4. The van der Waals surface area contributed by atoms with Crippen LogP contribution in [0.25, 0.3) is 0 Å². The van der Waals surface area contributed by atoms with Gasteiger partial charge in [-0.05, 0) is 85.8 Å².